The Morgan fingerprint density at radius 1 is 1.00 bits per heavy atom. The van der Waals surface area contributed by atoms with Gasteiger partial charge < -0.3 is 10.1 Å². The molecular formula is C21H17F2N5O. The predicted molar refractivity (Wildman–Crippen MR) is 107 cm³/mol. The van der Waals surface area contributed by atoms with E-state index in [0.717, 1.165) is 6.07 Å². The predicted octanol–water partition coefficient (Wildman–Crippen LogP) is 4.47. The van der Waals surface area contributed by atoms with Crippen LogP contribution in [0.2, 0.25) is 0 Å². The van der Waals surface area contributed by atoms with Crippen LogP contribution in [0.4, 0.5) is 14.6 Å². The molecule has 0 atom stereocenters. The molecule has 6 nitrogen and oxygen atoms in total. The van der Waals surface area contributed by atoms with Crippen LogP contribution in [0.15, 0.2) is 48.8 Å². The van der Waals surface area contributed by atoms with E-state index in [1.165, 1.54) is 12.1 Å². The molecule has 0 saturated heterocycles. The first-order valence-electron chi connectivity index (χ1n) is 8.99. The molecule has 0 aliphatic heterocycles. The summed E-state index contributed by atoms with van der Waals surface area (Å²) in [6.07, 6.45) is 3.13. The van der Waals surface area contributed by atoms with Crippen LogP contribution in [-0.2, 0) is 0 Å². The van der Waals surface area contributed by atoms with E-state index in [9.17, 15) is 8.78 Å². The lowest BCUT2D eigenvalue weighted by Gasteiger charge is -2.14. The number of hydrogen-bond donors (Lipinski definition) is 1. The van der Waals surface area contributed by atoms with E-state index in [1.807, 2.05) is 6.92 Å². The second-order valence-electron chi connectivity index (χ2n) is 6.20. The van der Waals surface area contributed by atoms with Crippen LogP contribution in [0.1, 0.15) is 6.92 Å². The summed E-state index contributed by atoms with van der Waals surface area (Å²) in [4.78, 5) is 9.21. The largest absolute Gasteiger partial charge is 0.492 e. The number of aromatic nitrogens is 4. The molecule has 1 N–H and O–H groups in total. The summed E-state index contributed by atoms with van der Waals surface area (Å²) in [5, 5.41) is 11.4. The van der Waals surface area contributed by atoms with Gasteiger partial charge in [-0.3, -0.25) is 0 Å². The van der Waals surface area contributed by atoms with Crippen LogP contribution in [0.25, 0.3) is 33.4 Å². The van der Waals surface area contributed by atoms with Gasteiger partial charge in [-0.15, -0.1) is 0 Å². The SMILES string of the molecule is CCOc1cc(-c2ccc(F)cc2F)cc2c(NC)nc(-c3ccnnc3)nc12. The number of benzene rings is 2. The minimum absolute atomic E-state index is 0.263. The van der Waals surface area contributed by atoms with Gasteiger partial charge in [-0.25, -0.2) is 18.7 Å². The van der Waals surface area contributed by atoms with Crippen molar-refractivity contribution in [2.75, 3.05) is 19.0 Å². The fourth-order valence-corrected chi connectivity index (χ4v) is 3.09. The smallest absolute Gasteiger partial charge is 0.163 e. The normalized spacial score (nSPS) is 10.9. The first-order chi connectivity index (χ1) is 14.1. The summed E-state index contributed by atoms with van der Waals surface area (Å²) in [5.41, 5.74) is 2.08. The highest BCUT2D eigenvalue weighted by Crippen LogP contribution is 2.36. The fourth-order valence-electron chi connectivity index (χ4n) is 3.09. The third kappa shape index (κ3) is 3.56. The highest BCUT2D eigenvalue weighted by atomic mass is 19.1. The molecule has 0 aliphatic rings. The minimum Gasteiger partial charge on any atom is -0.492 e. The first kappa shape index (κ1) is 18.7. The minimum atomic E-state index is -0.654. The van der Waals surface area contributed by atoms with Gasteiger partial charge in [-0.1, -0.05) is 0 Å². The molecule has 2 heterocycles. The number of halogens is 2. The Morgan fingerprint density at radius 2 is 1.86 bits per heavy atom. The molecule has 0 fully saturated rings. The summed E-state index contributed by atoms with van der Waals surface area (Å²) < 4.78 is 33.5. The second-order valence-corrected chi connectivity index (χ2v) is 6.20. The van der Waals surface area contributed by atoms with Crippen LogP contribution in [0, 0.1) is 11.6 Å². The fraction of sp³-hybridized carbons (Fsp3) is 0.143. The zero-order valence-electron chi connectivity index (χ0n) is 15.8. The topological polar surface area (TPSA) is 72.8 Å². The van der Waals surface area contributed by atoms with Crippen LogP contribution in [0.3, 0.4) is 0 Å². The summed E-state index contributed by atoms with van der Waals surface area (Å²) in [6, 6.07) is 8.69. The van der Waals surface area contributed by atoms with Crippen molar-refractivity contribution in [2.24, 2.45) is 0 Å². The van der Waals surface area contributed by atoms with Crippen LogP contribution < -0.4 is 10.1 Å². The van der Waals surface area contributed by atoms with Gasteiger partial charge in [-0.05, 0) is 42.8 Å². The molecule has 8 heteroatoms. The van der Waals surface area contributed by atoms with E-state index in [0.29, 0.717) is 46.0 Å². The molecule has 4 aromatic rings. The van der Waals surface area contributed by atoms with Crippen molar-refractivity contribution >= 4 is 16.7 Å². The molecular weight excluding hydrogens is 376 g/mol. The van der Waals surface area contributed by atoms with E-state index < -0.39 is 11.6 Å². The van der Waals surface area contributed by atoms with Gasteiger partial charge in [0, 0.05) is 29.6 Å². The summed E-state index contributed by atoms with van der Waals surface area (Å²) in [5.74, 6) is 0.196. The number of fused-ring (bicyclic) bond motifs is 1. The van der Waals surface area contributed by atoms with Crippen molar-refractivity contribution in [1.82, 2.24) is 20.2 Å². The van der Waals surface area contributed by atoms with Gasteiger partial charge in [0.1, 0.15) is 28.7 Å². The van der Waals surface area contributed by atoms with Gasteiger partial charge >= 0.3 is 0 Å². The molecule has 0 saturated carbocycles. The standard InChI is InChI=1S/C21H17F2N5O/c1-3-29-18-9-13(15-5-4-14(22)10-17(15)23)8-16-19(18)27-20(28-21(16)24-2)12-6-7-25-26-11-12/h4-11H,3H2,1-2H3,(H,24,27,28). The molecule has 0 spiro atoms. The molecule has 2 aromatic carbocycles. The Bertz CT molecular complexity index is 1180. The van der Waals surface area contributed by atoms with Gasteiger partial charge in [0.05, 0.1) is 19.0 Å². The lowest BCUT2D eigenvalue weighted by Crippen LogP contribution is -2.02. The summed E-state index contributed by atoms with van der Waals surface area (Å²) in [7, 11) is 1.74. The number of hydrogen-bond acceptors (Lipinski definition) is 6. The molecule has 146 valence electrons. The summed E-state index contributed by atoms with van der Waals surface area (Å²) in [6.45, 7) is 2.25. The number of rotatable bonds is 5. The van der Waals surface area contributed by atoms with Crippen molar-refractivity contribution in [3.63, 3.8) is 0 Å². The van der Waals surface area contributed by atoms with Crippen molar-refractivity contribution in [3.05, 3.63) is 60.4 Å². The van der Waals surface area contributed by atoms with Gasteiger partial charge in [0.15, 0.2) is 5.82 Å². The summed E-state index contributed by atoms with van der Waals surface area (Å²) >= 11 is 0. The second kappa shape index (κ2) is 7.75. The van der Waals surface area contributed by atoms with Crippen molar-refractivity contribution < 1.29 is 13.5 Å². The third-order valence-corrected chi connectivity index (χ3v) is 4.39. The Balaban J connectivity index is 1.98. The first-order valence-corrected chi connectivity index (χ1v) is 8.99. The lowest BCUT2D eigenvalue weighted by atomic mass is 10.0. The van der Waals surface area contributed by atoms with Gasteiger partial charge in [0.2, 0.25) is 0 Å². The molecule has 0 unspecified atom stereocenters. The molecule has 29 heavy (non-hydrogen) atoms. The highest BCUT2D eigenvalue weighted by Gasteiger charge is 2.17. The number of ether oxygens (including phenoxy) is 1. The Labute approximate surface area is 165 Å². The van der Waals surface area contributed by atoms with E-state index in [2.05, 4.69) is 25.5 Å². The third-order valence-electron chi connectivity index (χ3n) is 4.39. The molecule has 0 bridgehead atoms. The molecule has 0 radical (unpaired) electrons. The van der Waals surface area contributed by atoms with Crippen LogP contribution in [0.5, 0.6) is 5.75 Å². The van der Waals surface area contributed by atoms with Crippen LogP contribution >= 0.6 is 0 Å². The zero-order valence-corrected chi connectivity index (χ0v) is 15.8. The molecule has 2 aromatic heterocycles. The van der Waals surface area contributed by atoms with Crippen molar-refractivity contribution in [3.8, 4) is 28.3 Å². The van der Waals surface area contributed by atoms with Crippen molar-refractivity contribution in [2.45, 2.75) is 6.92 Å². The van der Waals surface area contributed by atoms with Crippen molar-refractivity contribution in [1.29, 1.82) is 0 Å². The van der Waals surface area contributed by atoms with E-state index >= 15 is 0 Å². The Kier molecular flexibility index (Phi) is 4.99. The van der Waals surface area contributed by atoms with Crippen LogP contribution in [-0.4, -0.2) is 33.8 Å². The Hall–Kier alpha value is -3.68. The zero-order chi connectivity index (χ0) is 20.4. The lowest BCUT2D eigenvalue weighted by molar-refractivity contribution is 0.344. The quantitative estimate of drug-likeness (QED) is 0.539. The van der Waals surface area contributed by atoms with E-state index in [1.54, 1.807) is 37.6 Å². The molecule has 0 aliphatic carbocycles. The highest BCUT2D eigenvalue weighted by molar-refractivity contribution is 5.97. The maximum atomic E-state index is 14.4. The maximum absolute atomic E-state index is 14.4. The maximum Gasteiger partial charge on any atom is 0.163 e. The number of anilines is 1. The molecule has 0 amide bonds. The van der Waals surface area contributed by atoms with Gasteiger partial charge in [-0.2, -0.15) is 10.2 Å². The average molecular weight is 393 g/mol. The average Bonchev–Trinajstić information content (AvgIpc) is 2.74. The number of nitrogens with zero attached hydrogens (tertiary/aromatic N) is 4. The number of nitrogens with one attached hydrogen (secondary N) is 1. The monoisotopic (exact) mass is 393 g/mol. The molecule has 4 rings (SSSR count). The van der Waals surface area contributed by atoms with Gasteiger partial charge in [0.25, 0.3) is 0 Å². The van der Waals surface area contributed by atoms with E-state index in [4.69, 9.17) is 4.74 Å². The Morgan fingerprint density at radius 3 is 2.55 bits per heavy atom. The van der Waals surface area contributed by atoms with E-state index in [-0.39, 0.29) is 5.56 Å².